The predicted molar refractivity (Wildman–Crippen MR) is 259 cm³/mol. The summed E-state index contributed by atoms with van der Waals surface area (Å²) in [5.74, 6) is -1.21. The van der Waals surface area contributed by atoms with Crippen molar-refractivity contribution in [3.05, 3.63) is 72.9 Å². The molecule has 0 aliphatic heterocycles. The summed E-state index contributed by atoms with van der Waals surface area (Å²) in [4.78, 5) is 35.8. The molecule has 0 aromatic carbocycles. The number of aliphatic hydroxyl groups excluding tert-OH is 6. The van der Waals surface area contributed by atoms with Gasteiger partial charge in [0.15, 0.2) is 6.10 Å². The highest BCUT2D eigenvalue weighted by molar-refractivity contribution is 7.47. The van der Waals surface area contributed by atoms with E-state index in [0.717, 1.165) is 44.9 Å². The molecule has 1 fully saturated rings. The average molecular weight is 955 g/mol. The first-order chi connectivity index (χ1) is 31.8. The number of hydrogen-bond acceptors (Lipinski definition) is 13. The smallest absolute Gasteiger partial charge is 0.462 e. The number of esters is 2. The van der Waals surface area contributed by atoms with Crippen molar-refractivity contribution in [2.45, 2.75) is 223 Å². The molecule has 0 spiro atoms. The van der Waals surface area contributed by atoms with E-state index < -0.39 is 81.8 Å². The van der Waals surface area contributed by atoms with Gasteiger partial charge in [-0.05, 0) is 77.0 Å². The van der Waals surface area contributed by atoms with Crippen LogP contribution in [-0.4, -0.2) is 110 Å². The number of aliphatic hydroxyl groups is 6. The van der Waals surface area contributed by atoms with Gasteiger partial charge < -0.3 is 45.0 Å². The van der Waals surface area contributed by atoms with Crippen molar-refractivity contribution in [1.82, 2.24) is 0 Å². The molecule has 9 atom stereocenters. The van der Waals surface area contributed by atoms with Gasteiger partial charge in [-0.25, -0.2) is 4.57 Å². The van der Waals surface area contributed by atoms with Crippen molar-refractivity contribution >= 4 is 19.8 Å². The summed E-state index contributed by atoms with van der Waals surface area (Å²) < 4.78 is 33.5. The van der Waals surface area contributed by atoms with Crippen molar-refractivity contribution in [3.63, 3.8) is 0 Å². The first-order valence-corrected chi connectivity index (χ1v) is 26.3. The molecule has 7 N–H and O–H groups in total. The minimum absolute atomic E-state index is 0.0531. The second kappa shape index (κ2) is 40.2. The Morgan fingerprint density at radius 2 is 1.02 bits per heavy atom. The standard InChI is InChI=1S/C51H87O14P/c1-3-5-7-9-11-12-13-14-15-16-17-18-19-20-21-22-26-31-35-39-45(54)64-43(41-63-66(60,61)65-51-49(58)47(56)46(55)48(57)50(51)59)40-62-44(53)38-34-30-27-23-25-29-33-37-42(52)36-32-28-24-10-8-6-4-2/h11-12,14-15,23-24,27-29,32-33,36,42-43,46-52,55-59H,3-10,13,16-22,25-26,30-31,34-35,37-41H2,1-2H3,(H,60,61)/b12-11-,15-14-,27-23+,28-24-,33-29-,36-32-/t42-,43-,46?,47-,48+,49-,50-,51?/m1/s1. The molecule has 1 rings (SSSR count). The number of hydrogen-bond donors (Lipinski definition) is 7. The van der Waals surface area contributed by atoms with E-state index in [1.165, 1.54) is 70.6 Å². The van der Waals surface area contributed by atoms with Crippen LogP contribution in [0.15, 0.2) is 72.9 Å². The van der Waals surface area contributed by atoms with Gasteiger partial charge in [-0.1, -0.05) is 157 Å². The zero-order valence-electron chi connectivity index (χ0n) is 40.1. The van der Waals surface area contributed by atoms with Gasteiger partial charge in [0.25, 0.3) is 0 Å². The Morgan fingerprint density at radius 1 is 0.545 bits per heavy atom. The highest BCUT2D eigenvalue weighted by Gasteiger charge is 2.51. The summed E-state index contributed by atoms with van der Waals surface area (Å²) in [6.45, 7) is 3.13. The van der Waals surface area contributed by atoms with Gasteiger partial charge in [-0.2, -0.15) is 0 Å². The third kappa shape index (κ3) is 32.1. The maximum Gasteiger partial charge on any atom is 0.472 e. The summed E-state index contributed by atoms with van der Waals surface area (Å²) in [6.07, 6.45) is 33.9. The second-order valence-electron chi connectivity index (χ2n) is 17.2. The van der Waals surface area contributed by atoms with Gasteiger partial charge in [0.2, 0.25) is 0 Å². The van der Waals surface area contributed by atoms with Gasteiger partial charge >= 0.3 is 19.8 Å². The van der Waals surface area contributed by atoms with Crippen molar-refractivity contribution in [2.75, 3.05) is 13.2 Å². The Balaban J connectivity index is 2.49. The molecule has 1 saturated carbocycles. The summed E-state index contributed by atoms with van der Waals surface area (Å²) >= 11 is 0. The Morgan fingerprint density at radius 3 is 1.59 bits per heavy atom. The van der Waals surface area contributed by atoms with Crippen molar-refractivity contribution in [3.8, 4) is 0 Å². The summed E-state index contributed by atoms with van der Waals surface area (Å²) in [5, 5.41) is 60.3. The third-order valence-corrected chi connectivity index (χ3v) is 12.1. The van der Waals surface area contributed by atoms with Crippen LogP contribution in [0.25, 0.3) is 0 Å². The van der Waals surface area contributed by atoms with E-state index in [0.29, 0.717) is 32.1 Å². The number of phosphoric ester groups is 1. The maximum atomic E-state index is 12.8. The van der Waals surface area contributed by atoms with E-state index in [-0.39, 0.29) is 12.8 Å². The Labute approximate surface area is 396 Å². The molecule has 15 heteroatoms. The summed E-state index contributed by atoms with van der Waals surface area (Å²) in [5.41, 5.74) is 0. The molecule has 0 heterocycles. The van der Waals surface area contributed by atoms with Crippen LogP contribution in [-0.2, 0) is 32.7 Å². The number of unbranched alkanes of at least 4 members (excludes halogenated alkanes) is 16. The molecule has 0 bridgehead atoms. The van der Waals surface area contributed by atoms with E-state index in [9.17, 15) is 49.7 Å². The number of phosphoric acid groups is 1. The fraction of sp³-hybridized carbons (Fsp3) is 0.725. The number of ether oxygens (including phenoxy) is 2. The summed E-state index contributed by atoms with van der Waals surface area (Å²) in [6, 6.07) is 0. The van der Waals surface area contributed by atoms with Crippen LogP contribution in [0.2, 0.25) is 0 Å². The normalized spacial score (nSPS) is 22.4. The van der Waals surface area contributed by atoms with Crippen molar-refractivity contribution in [2.24, 2.45) is 0 Å². The number of rotatable bonds is 40. The van der Waals surface area contributed by atoms with Gasteiger partial charge in [-0.3, -0.25) is 18.6 Å². The second-order valence-corrected chi connectivity index (χ2v) is 18.6. The van der Waals surface area contributed by atoms with Crippen molar-refractivity contribution < 1.29 is 68.2 Å². The fourth-order valence-electron chi connectivity index (χ4n) is 7.04. The molecule has 0 radical (unpaired) electrons. The van der Waals surface area contributed by atoms with Crippen molar-refractivity contribution in [1.29, 1.82) is 0 Å². The molecular formula is C51H87O14P. The van der Waals surface area contributed by atoms with Crippen LogP contribution in [0, 0.1) is 0 Å². The SMILES string of the molecule is CCCCC/C=C\C=C/[C@@H](O)C/C=C\C/C=C/CCCC(=O)OC[C@H](COP(=O)(O)OC1[C@H](O)[C@H](O)C(O)[C@H](O)[C@H]1O)OC(=O)CCCCCCCCCCC/C=C\C/C=C\CCCCC. The monoisotopic (exact) mass is 955 g/mol. The summed E-state index contributed by atoms with van der Waals surface area (Å²) in [7, 11) is -5.15. The molecule has 0 amide bonds. The Bertz CT molecular complexity index is 1450. The highest BCUT2D eigenvalue weighted by atomic mass is 31.2. The van der Waals surface area contributed by atoms with Crippen LogP contribution in [0.4, 0.5) is 0 Å². The lowest BCUT2D eigenvalue weighted by Crippen LogP contribution is -2.64. The molecule has 3 unspecified atom stereocenters. The minimum Gasteiger partial charge on any atom is -0.462 e. The zero-order valence-corrected chi connectivity index (χ0v) is 41.0. The number of carbonyl (C=O) groups excluding carboxylic acids is 2. The fourth-order valence-corrected chi connectivity index (χ4v) is 8.01. The molecule has 14 nitrogen and oxygen atoms in total. The van der Waals surface area contributed by atoms with E-state index in [2.05, 4.69) is 44.2 Å². The Hall–Kier alpha value is -2.75. The first kappa shape index (κ1) is 61.3. The lowest BCUT2D eigenvalue weighted by atomic mass is 9.85. The number of carbonyl (C=O) groups is 2. The van der Waals surface area contributed by atoms with Crippen LogP contribution < -0.4 is 0 Å². The van der Waals surface area contributed by atoms with Crippen LogP contribution >= 0.6 is 7.82 Å². The molecule has 0 aromatic rings. The van der Waals surface area contributed by atoms with E-state index in [1.54, 1.807) is 6.08 Å². The molecule has 380 valence electrons. The van der Waals surface area contributed by atoms with E-state index in [4.69, 9.17) is 18.5 Å². The van der Waals surface area contributed by atoms with Gasteiger partial charge in [0.1, 0.15) is 43.2 Å². The number of allylic oxidation sites excluding steroid dienone is 10. The predicted octanol–water partition coefficient (Wildman–Crippen LogP) is 9.25. The molecule has 1 aliphatic rings. The van der Waals surface area contributed by atoms with E-state index in [1.807, 2.05) is 36.5 Å². The average Bonchev–Trinajstić information content (AvgIpc) is 3.29. The third-order valence-electron chi connectivity index (χ3n) is 11.1. The van der Waals surface area contributed by atoms with Gasteiger partial charge in [-0.15, -0.1) is 0 Å². The highest BCUT2D eigenvalue weighted by Crippen LogP contribution is 2.47. The van der Waals surface area contributed by atoms with E-state index >= 15 is 0 Å². The lowest BCUT2D eigenvalue weighted by Gasteiger charge is -2.41. The molecule has 1 aliphatic carbocycles. The van der Waals surface area contributed by atoms with Crippen LogP contribution in [0.1, 0.15) is 174 Å². The quantitative estimate of drug-likeness (QED) is 0.00999. The first-order valence-electron chi connectivity index (χ1n) is 24.8. The van der Waals surface area contributed by atoms with Gasteiger partial charge in [0, 0.05) is 12.8 Å². The largest absolute Gasteiger partial charge is 0.472 e. The molecule has 66 heavy (non-hydrogen) atoms. The maximum absolute atomic E-state index is 12.8. The lowest BCUT2D eigenvalue weighted by molar-refractivity contribution is -0.220. The zero-order chi connectivity index (χ0) is 48.7. The Kier molecular flexibility index (Phi) is 37.3. The molecule has 0 saturated heterocycles. The van der Waals surface area contributed by atoms with Crippen LogP contribution in [0.3, 0.4) is 0 Å². The van der Waals surface area contributed by atoms with Gasteiger partial charge in [0.05, 0.1) is 12.7 Å². The molecule has 0 aromatic heterocycles. The molecular weight excluding hydrogens is 868 g/mol. The van der Waals surface area contributed by atoms with Crippen LogP contribution in [0.5, 0.6) is 0 Å². The topological polar surface area (TPSA) is 230 Å². The minimum atomic E-state index is -5.15.